The predicted molar refractivity (Wildman–Crippen MR) is 85.3 cm³/mol. The third-order valence-corrected chi connectivity index (χ3v) is 5.98. The molecule has 1 fully saturated rings. The monoisotopic (exact) mass is 380 g/mol. The largest absolute Gasteiger partial charge is 0.455 e. The number of carbonyl (C=O) groups is 2. The Morgan fingerprint density at radius 1 is 1.43 bits per heavy atom. The quantitative estimate of drug-likeness (QED) is 0.795. The van der Waals surface area contributed by atoms with Crippen LogP contribution in [0.3, 0.4) is 0 Å². The van der Waals surface area contributed by atoms with Gasteiger partial charge in [-0.25, -0.2) is 13.4 Å². The van der Waals surface area contributed by atoms with Crippen molar-refractivity contribution in [2.24, 2.45) is 5.92 Å². The van der Waals surface area contributed by atoms with Gasteiger partial charge in [-0.2, -0.15) is 0 Å². The molecule has 1 aliphatic heterocycles. The van der Waals surface area contributed by atoms with Gasteiger partial charge in [-0.3, -0.25) is 9.59 Å². The van der Waals surface area contributed by atoms with E-state index in [1.165, 1.54) is 6.20 Å². The average molecular weight is 381 g/mol. The van der Waals surface area contributed by atoms with Crippen molar-refractivity contribution < 1.29 is 22.7 Å². The molecule has 0 saturated carbocycles. The molecule has 1 N–H and O–H groups in total. The third-order valence-electron chi connectivity index (χ3n) is 3.37. The molecule has 7 nitrogen and oxygen atoms in total. The summed E-state index contributed by atoms with van der Waals surface area (Å²) >= 11 is 11.8. The second-order valence-electron chi connectivity index (χ2n) is 5.15. The van der Waals surface area contributed by atoms with E-state index < -0.39 is 34.2 Å². The number of anilines is 1. The van der Waals surface area contributed by atoms with E-state index in [0.717, 1.165) is 0 Å². The van der Waals surface area contributed by atoms with Gasteiger partial charge in [-0.15, -0.1) is 0 Å². The molecule has 1 amide bonds. The summed E-state index contributed by atoms with van der Waals surface area (Å²) in [5, 5.41) is 2.96. The highest BCUT2D eigenvalue weighted by atomic mass is 35.5. The van der Waals surface area contributed by atoms with Crippen LogP contribution in [0.4, 0.5) is 5.82 Å². The highest BCUT2D eigenvalue weighted by molar-refractivity contribution is 7.91. The van der Waals surface area contributed by atoms with Gasteiger partial charge in [0.15, 0.2) is 22.3 Å². The molecule has 1 unspecified atom stereocenters. The minimum absolute atomic E-state index is 0.0391. The smallest absolute Gasteiger partial charge is 0.310 e. The lowest BCUT2D eigenvalue weighted by Crippen LogP contribution is -2.25. The highest BCUT2D eigenvalue weighted by Gasteiger charge is 2.34. The maximum Gasteiger partial charge on any atom is 0.310 e. The van der Waals surface area contributed by atoms with E-state index in [0.29, 0.717) is 10.6 Å². The lowest BCUT2D eigenvalue weighted by molar-refractivity contribution is -0.150. The van der Waals surface area contributed by atoms with Crippen molar-refractivity contribution in [1.82, 2.24) is 4.98 Å². The summed E-state index contributed by atoms with van der Waals surface area (Å²) in [7, 11) is -3.18. The first-order valence-corrected chi connectivity index (χ1v) is 9.25. The van der Waals surface area contributed by atoms with Crippen LogP contribution < -0.4 is 5.32 Å². The zero-order chi connectivity index (χ0) is 17.2. The van der Waals surface area contributed by atoms with E-state index in [1.54, 1.807) is 6.92 Å². The van der Waals surface area contributed by atoms with Gasteiger partial charge in [0.1, 0.15) is 0 Å². The Bertz CT molecular complexity index is 751. The van der Waals surface area contributed by atoms with Gasteiger partial charge in [0.05, 0.1) is 27.5 Å². The van der Waals surface area contributed by atoms with Crippen LogP contribution in [-0.2, 0) is 24.2 Å². The van der Waals surface area contributed by atoms with Crippen LogP contribution in [0.5, 0.6) is 0 Å². The lowest BCUT2D eigenvalue weighted by Gasteiger charge is -2.11. The molecule has 10 heteroatoms. The minimum atomic E-state index is -3.18. The molecule has 1 saturated heterocycles. The van der Waals surface area contributed by atoms with Crippen molar-refractivity contribution in [2.45, 2.75) is 13.3 Å². The van der Waals surface area contributed by atoms with E-state index in [1.807, 2.05) is 0 Å². The summed E-state index contributed by atoms with van der Waals surface area (Å²) in [5.74, 6) is -2.21. The van der Waals surface area contributed by atoms with Crippen molar-refractivity contribution in [3.8, 4) is 0 Å². The van der Waals surface area contributed by atoms with Gasteiger partial charge in [-0.1, -0.05) is 23.2 Å². The van der Waals surface area contributed by atoms with Gasteiger partial charge in [0.25, 0.3) is 5.91 Å². The number of halogens is 2. The molecule has 1 aromatic rings. The SMILES string of the molecule is Cc1c(Cl)cnc(NC(=O)COC(=O)C2CCS(=O)(=O)C2)c1Cl. The molecule has 0 aromatic carbocycles. The number of hydrogen-bond donors (Lipinski definition) is 1. The van der Waals surface area contributed by atoms with Crippen molar-refractivity contribution in [2.75, 3.05) is 23.4 Å². The van der Waals surface area contributed by atoms with Crippen LogP contribution in [0.1, 0.15) is 12.0 Å². The molecular weight excluding hydrogens is 367 g/mol. The first-order valence-electron chi connectivity index (χ1n) is 6.67. The average Bonchev–Trinajstić information content (AvgIpc) is 2.85. The van der Waals surface area contributed by atoms with Crippen LogP contribution in [0.2, 0.25) is 10.0 Å². The van der Waals surface area contributed by atoms with E-state index in [-0.39, 0.29) is 28.8 Å². The van der Waals surface area contributed by atoms with Crippen molar-refractivity contribution in [3.63, 3.8) is 0 Å². The Morgan fingerprint density at radius 3 is 2.74 bits per heavy atom. The Morgan fingerprint density at radius 2 is 2.13 bits per heavy atom. The number of amides is 1. The van der Waals surface area contributed by atoms with E-state index >= 15 is 0 Å². The van der Waals surface area contributed by atoms with Crippen molar-refractivity contribution in [1.29, 1.82) is 0 Å². The zero-order valence-electron chi connectivity index (χ0n) is 12.1. The third kappa shape index (κ3) is 4.55. The number of rotatable bonds is 4. The van der Waals surface area contributed by atoms with Gasteiger partial charge >= 0.3 is 5.97 Å². The van der Waals surface area contributed by atoms with Gasteiger partial charge in [0, 0.05) is 6.20 Å². The second-order valence-corrected chi connectivity index (χ2v) is 8.16. The number of esters is 1. The van der Waals surface area contributed by atoms with Gasteiger partial charge in [0.2, 0.25) is 0 Å². The summed E-state index contributed by atoms with van der Waals surface area (Å²) in [6, 6.07) is 0. The molecule has 0 aliphatic carbocycles. The summed E-state index contributed by atoms with van der Waals surface area (Å²) in [5.41, 5.74) is 0.562. The fraction of sp³-hybridized carbons (Fsp3) is 0.462. The molecule has 0 radical (unpaired) electrons. The Kier molecular flexibility index (Phi) is 5.49. The summed E-state index contributed by atoms with van der Waals surface area (Å²) in [6.45, 7) is 1.12. The van der Waals surface area contributed by atoms with Gasteiger partial charge in [-0.05, 0) is 18.9 Å². The van der Waals surface area contributed by atoms with Gasteiger partial charge < -0.3 is 10.1 Å². The summed E-state index contributed by atoms with van der Waals surface area (Å²) in [4.78, 5) is 27.4. The van der Waals surface area contributed by atoms with E-state index in [2.05, 4.69) is 10.3 Å². The number of pyridine rings is 1. The Labute approximate surface area is 143 Å². The van der Waals surface area contributed by atoms with E-state index in [4.69, 9.17) is 27.9 Å². The van der Waals surface area contributed by atoms with Crippen LogP contribution in [0, 0.1) is 12.8 Å². The van der Waals surface area contributed by atoms with Crippen molar-refractivity contribution in [3.05, 3.63) is 21.8 Å². The number of sulfone groups is 1. The predicted octanol–water partition coefficient (Wildman–Crippen LogP) is 1.61. The number of aromatic nitrogens is 1. The van der Waals surface area contributed by atoms with Crippen LogP contribution >= 0.6 is 23.2 Å². The molecule has 0 bridgehead atoms. The Balaban J connectivity index is 1.89. The second kappa shape index (κ2) is 7.02. The molecular formula is C13H14Cl2N2O5S. The maximum atomic E-state index is 11.8. The molecule has 2 heterocycles. The fourth-order valence-corrected chi connectivity index (χ4v) is 4.16. The molecule has 1 atom stereocenters. The molecule has 23 heavy (non-hydrogen) atoms. The highest BCUT2D eigenvalue weighted by Crippen LogP contribution is 2.28. The Hall–Kier alpha value is -1.38. The first-order chi connectivity index (χ1) is 10.7. The van der Waals surface area contributed by atoms with Crippen LogP contribution in [0.25, 0.3) is 0 Å². The molecule has 1 aliphatic rings. The molecule has 1 aromatic heterocycles. The first kappa shape index (κ1) is 18.0. The maximum absolute atomic E-state index is 11.8. The number of hydrogen-bond acceptors (Lipinski definition) is 6. The van der Waals surface area contributed by atoms with Crippen molar-refractivity contribution >= 4 is 50.7 Å². The van der Waals surface area contributed by atoms with Crippen LogP contribution in [-0.4, -0.2) is 43.4 Å². The number of nitrogens with one attached hydrogen (secondary N) is 1. The van der Waals surface area contributed by atoms with E-state index in [9.17, 15) is 18.0 Å². The topological polar surface area (TPSA) is 102 Å². The zero-order valence-corrected chi connectivity index (χ0v) is 14.5. The molecule has 126 valence electrons. The summed E-state index contributed by atoms with van der Waals surface area (Å²) < 4.78 is 27.4. The minimum Gasteiger partial charge on any atom is -0.455 e. The molecule has 0 spiro atoms. The standard InChI is InChI=1S/C13H14Cl2N2O5S/c1-7-9(14)4-16-12(11(7)15)17-10(18)5-22-13(19)8-2-3-23(20,21)6-8/h4,8H,2-3,5-6H2,1H3,(H,16,17,18). The number of nitrogens with zero attached hydrogens (tertiary/aromatic N) is 1. The lowest BCUT2D eigenvalue weighted by atomic mass is 10.1. The normalized spacial score (nSPS) is 19.3. The number of ether oxygens (including phenoxy) is 1. The number of carbonyl (C=O) groups excluding carboxylic acids is 2. The fourth-order valence-electron chi connectivity index (χ4n) is 2.05. The molecule has 2 rings (SSSR count). The summed E-state index contributed by atoms with van der Waals surface area (Å²) in [6.07, 6.45) is 1.56. The van der Waals surface area contributed by atoms with Crippen LogP contribution in [0.15, 0.2) is 6.20 Å².